The summed E-state index contributed by atoms with van der Waals surface area (Å²) in [6.07, 6.45) is -3.43. The molecule has 4 N–H and O–H groups in total. The Morgan fingerprint density at radius 3 is 2.35 bits per heavy atom. The van der Waals surface area contributed by atoms with Crippen molar-refractivity contribution in [2.24, 2.45) is 5.84 Å². The summed E-state index contributed by atoms with van der Waals surface area (Å²) < 4.78 is 40.3. The molecule has 0 aliphatic carbocycles. The molecule has 0 radical (unpaired) electrons. The van der Waals surface area contributed by atoms with E-state index >= 15 is 0 Å². The molecule has 0 unspecified atom stereocenters. The highest BCUT2D eigenvalue weighted by atomic mass is 19.4. The number of carboxylic acids is 1. The van der Waals surface area contributed by atoms with Crippen LogP contribution in [0.2, 0.25) is 0 Å². The number of rotatable bonds is 4. The Kier molecular flexibility index (Phi) is 6.27. The molecule has 1 aliphatic rings. The monoisotopic (exact) mass is 440 g/mol. The number of carboxylic acid groups (broad SMARTS) is 1. The minimum absolute atomic E-state index is 0.244. The van der Waals surface area contributed by atoms with E-state index in [1.165, 1.54) is 23.2 Å². The second-order valence-electron chi connectivity index (χ2n) is 6.85. The van der Waals surface area contributed by atoms with Gasteiger partial charge in [0.05, 0.1) is 11.1 Å². The Morgan fingerprint density at radius 2 is 1.81 bits per heavy atom. The summed E-state index contributed by atoms with van der Waals surface area (Å²) in [6, 6.07) is 4.04. The first-order valence-corrected chi connectivity index (χ1v) is 9.12. The van der Waals surface area contributed by atoms with Crippen LogP contribution in [0.4, 0.5) is 18.0 Å². The third-order valence-corrected chi connectivity index (χ3v) is 4.82. The molecule has 1 aromatic heterocycles. The third-order valence-electron chi connectivity index (χ3n) is 4.82. The van der Waals surface area contributed by atoms with Crippen molar-refractivity contribution in [1.82, 2.24) is 25.0 Å². The lowest BCUT2D eigenvalue weighted by Crippen LogP contribution is -2.49. The summed E-state index contributed by atoms with van der Waals surface area (Å²) in [5.74, 6) is 2.73. The number of hydrogen-bond donors (Lipinski definition) is 3. The number of nitrogens with zero attached hydrogens (tertiary/aromatic N) is 4. The molecule has 2 heterocycles. The Hall–Kier alpha value is -3.45. The number of carbonyl (C=O) groups is 3. The molecule has 0 atom stereocenters. The van der Waals surface area contributed by atoms with E-state index in [9.17, 15) is 27.6 Å². The zero-order valence-corrected chi connectivity index (χ0v) is 16.1. The van der Waals surface area contributed by atoms with Gasteiger partial charge in [-0.25, -0.2) is 15.4 Å². The maximum Gasteiger partial charge on any atom is 0.417 e. The fourth-order valence-corrected chi connectivity index (χ4v) is 3.25. The van der Waals surface area contributed by atoms with Gasteiger partial charge in [0, 0.05) is 38.9 Å². The van der Waals surface area contributed by atoms with Crippen molar-refractivity contribution in [3.8, 4) is 0 Å². The Balaban J connectivity index is 1.64. The Labute approximate surface area is 174 Å². The summed E-state index contributed by atoms with van der Waals surface area (Å²) in [7, 11) is 0. The van der Waals surface area contributed by atoms with Gasteiger partial charge in [0.2, 0.25) is 0 Å². The smallest absolute Gasteiger partial charge is 0.417 e. The first kappa shape index (κ1) is 22.2. The van der Waals surface area contributed by atoms with Crippen molar-refractivity contribution in [3.63, 3.8) is 0 Å². The van der Waals surface area contributed by atoms with Gasteiger partial charge in [-0.1, -0.05) is 6.07 Å². The number of nitrogens with one attached hydrogen (secondary N) is 1. The normalized spacial score (nSPS) is 15.0. The second kappa shape index (κ2) is 8.73. The van der Waals surface area contributed by atoms with Gasteiger partial charge >= 0.3 is 18.2 Å². The number of nitrogens with two attached hydrogens (primary N) is 1. The second-order valence-corrected chi connectivity index (χ2v) is 6.85. The topological polar surface area (TPSA) is 134 Å². The predicted octanol–water partition coefficient (Wildman–Crippen LogP) is 0.990. The zero-order chi connectivity index (χ0) is 22.8. The van der Waals surface area contributed by atoms with Crippen LogP contribution < -0.4 is 11.3 Å². The highest BCUT2D eigenvalue weighted by Crippen LogP contribution is 2.32. The molecule has 166 valence electrons. The lowest BCUT2D eigenvalue weighted by molar-refractivity contribution is -0.137. The van der Waals surface area contributed by atoms with Crippen molar-refractivity contribution in [3.05, 3.63) is 52.8 Å². The number of aromatic nitrogens is 2. The molecule has 1 saturated heterocycles. The van der Waals surface area contributed by atoms with Crippen molar-refractivity contribution in [2.45, 2.75) is 12.7 Å². The number of benzene rings is 1. The minimum Gasteiger partial charge on any atom is -0.476 e. The number of hydrogen-bond acceptors (Lipinski definition) is 6. The van der Waals surface area contributed by atoms with Crippen molar-refractivity contribution in [2.75, 3.05) is 26.2 Å². The largest absolute Gasteiger partial charge is 0.476 e. The van der Waals surface area contributed by atoms with Gasteiger partial charge in [-0.3, -0.25) is 15.1 Å². The molecule has 0 saturated carbocycles. The Morgan fingerprint density at radius 1 is 1.13 bits per heavy atom. The molecule has 0 spiro atoms. The van der Waals surface area contributed by atoms with Crippen LogP contribution in [0.15, 0.2) is 30.5 Å². The molecule has 0 bridgehead atoms. The van der Waals surface area contributed by atoms with Crippen molar-refractivity contribution >= 4 is 17.9 Å². The van der Waals surface area contributed by atoms with E-state index in [2.05, 4.69) is 5.10 Å². The van der Waals surface area contributed by atoms with E-state index in [4.69, 9.17) is 10.9 Å². The van der Waals surface area contributed by atoms with Crippen LogP contribution in [0.5, 0.6) is 0 Å². The van der Waals surface area contributed by atoms with Crippen LogP contribution in [0, 0.1) is 0 Å². The molecule has 2 amide bonds. The summed E-state index contributed by atoms with van der Waals surface area (Å²) in [5.41, 5.74) is 0.337. The van der Waals surface area contributed by atoms with Crippen LogP contribution >= 0.6 is 0 Å². The fraction of sp³-hybridized carbons (Fsp3) is 0.333. The maximum atomic E-state index is 13.1. The van der Waals surface area contributed by atoms with Gasteiger partial charge in [-0.05, 0) is 23.8 Å². The average Bonchev–Trinajstić information content (AvgIpc) is 3.23. The molecular weight excluding hydrogens is 421 g/mol. The average molecular weight is 440 g/mol. The van der Waals surface area contributed by atoms with Crippen LogP contribution in [-0.2, 0) is 12.7 Å². The molecule has 3 rings (SSSR count). The number of nitrogen functional groups attached to an aromatic ring is 1. The molecule has 31 heavy (non-hydrogen) atoms. The van der Waals surface area contributed by atoms with Crippen LogP contribution in [0.1, 0.15) is 32.0 Å². The van der Waals surface area contributed by atoms with E-state index < -0.39 is 35.2 Å². The lowest BCUT2D eigenvalue weighted by atomic mass is 10.0. The number of carbonyl (C=O) groups excluding carboxylic acids is 2. The van der Waals surface area contributed by atoms with E-state index in [1.54, 1.807) is 5.43 Å². The van der Waals surface area contributed by atoms with Gasteiger partial charge in [0.1, 0.15) is 0 Å². The van der Waals surface area contributed by atoms with Crippen LogP contribution in [-0.4, -0.2) is 68.8 Å². The SMILES string of the molecule is NNC(=O)c1cc(CN2CCN(C(=O)n3ccc(C(=O)O)n3)CC2)ccc1C(F)(F)F. The molecule has 1 aromatic carbocycles. The number of piperazine rings is 1. The molecule has 2 aromatic rings. The van der Waals surface area contributed by atoms with Gasteiger partial charge in [-0.2, -0.15) is 23.0 Å². The number of amides is 2. The molecule has 1 fully saturated rings. The highest BCUT2D eigenvalue weighted by molar-refractivity contribution is 5.95. The Bertz CT molecular complexity index is 998. The number of alkyl halides is 3. The maximum absolute atomic E-state index is 13.1. The minimum atomic E-state index is -4.70. The molecule has 10 nitrogen and oxygen atoms in total. The summed E-state index contributed by atoms with van der Waals surface area (Å²) in [4.78, 5) is 38.5. The van der Waals surface area contributed by atoms with Crippen LogP contribution in [0.25, 0.3) is 0 Å². The predicted molar refractivity (Wildman–Crippen MR) is 99.9 cm³/mol. The van der Waals surface area contributed by atoms with E-state index in [0.29, 0.717) is 31.7 Å². The van der Waals surface area contributed by atoms with Gasteiger partial charge in [0.15, 0.2) is 5.69 Å². The van der Waals surface area contributed by atoms with Crippen molar-refractivity contribution < 1.29 is 32.7 Å². The van der Waals surface area contributed by atoms with Gasteiger partial charge < -0.3 is 10.0 Å². The number of aromatic carboxylic acids is 1. The van der Waals surface area contributed by atoms with Crippen molar-refractivity contribution in [1.29, 1.82) is 0 Å². The molecule has 13 heteroatoms. The zero-order valence-electron chi connectivity index (χ0n) is 16.1. The molecular formula is C18H19F3N6O4. The van der Waals surface area contributed by atoms with Gasteiger partial charge in [-0.15, -0.1) is 0 Å². The summed E-state index contributed by atoms with van der Waals surface area (Å²) >= 11 is 0. The lowest BCUT2D eigenvalue weighted by Gasteiger charge is -2.34. The number of hydrazine groups is 1. The number of halogens is 3. The van der Waals surface area contributed by atoms with E-state index in [-0.39, 0.29) is 12.2 Å². The quantitative estimate of drug-likeness (QED) is 0.367. The third kappa shape index (κ3) is 5.00. The standard InChI is InChI=1S/C18H19F3N6O4/c19-18(20,21)13-2-1-11(9-12(13)15(28)23-22)10-25-5-7-26(8-6-25)17(31)27-4-3-14(24-27)16(29)30/h1-4,9H,5-8,10,22H2,(H,23,28)(H,29,30). The summed E-state index contributed by atoms with van der Waals surface area (Å²) in [5, 5.41) is 12.6. The fourth-order valence-electron chi connectivity index (χ4n) is 3.25. The van der Waals surface area contributed by atoms with Crippen LogP contribution in [0.3, 0.4) is 0 Å². The molecule has 1 aliphatic heterocycles. The van der Waals surface area contributed by atoms with Gasteiger partial charge in [0.25, 0.3) is 5.91 Å². The first-order valence-electron chi connectivity index (χ1n) is 9.12. The summed E-state index contributed by atoms with van der Waals surface area (Å²) in [6.45, 7) is 1.77. The first-order chi connectivity index (χ1) is 14.6. The highest BCUT2D eigenvalue weighted by Gasteiger charge is 2.35. The van der Waals surface area contributed by atoms with E-state index in [1.807, 2.05) is 4.90 Å². The van der Waals surface area contributed by atoms with E-state index in [0.717, 1.165) is 16.8 Å².